The zero-order valence-electron chi connectivity index (χ0n) is 9.70. The van der Waals surface area contributed by atoms with Crippen LogP contribution in [0.1, 0.15) is 10.4 Å². The first-order valence-electron chi connectivity index (χ1n) is 5.43. The van der Waals surface area contributed by atoms with E-state index >= 15 is 0 Å². The smallest absolute Gasteiger partial charge is 0.203 e. The minimum atomic E-state index is -0.571. The minimum Gasteiger partial charge on any atom is -0.484 e. The number of Topliss-reactive ketones (excluding diaryl/α,β-unsaturated/α-hetero) is 1. The second-order valence-electron chi connectivity index (χ2n) is 3.77. The molecule has 0 atom stereocenters. The molecule has 0 fully saturated rings. The van der Waals surface area contributed by atoms with Crippen molar-refractivity contribution in [2.75, 3.05) is 6.61 Å². The number of carbonyl (C=O) groups is 1. The van der Waals surface area contributed by atoms with Crippen LogP contribution in [0, 0.1) is 5.82 Å². The zero-order chi connectivity index (χ0) is 13.8. The summed E-state index contributed by atoms with van der Waals surface area (Å²) >= 11 is 11.6. The highest BCUT2D eigenvalue weighted by molar-refractivity contribution is 6.35. The highest BCUT2D eigenvalue weighted by atomic mass is 35.5. The molecule has 2 aromatic carbocycles. The first kappa shape index (κ1) is 13.8. The van der Waals surface area contributed by atoms with Gasteiger partial charge in [0.15, 0.2) is 6.61 Å². The third-order valence-corrected chi connectivity index (χ3v) is 2.96. The van der Waals surface area contributed by atoms with E-state index in [1.165, 1.54) is 24.3 Å². The van der Waals surface area contributed by atoms with Gasteiger partial charge in [-0.3, -0.25) is 4.79 Å². The quantitative estimate of drug-likeness (QED) is 0.782. The Morgan fingerprint density at radius 3 is 2.58 bits per heavy atom. The van der Waals surface area contributed by atoms with E-state index in [-0.39, 0.29) is 12.2 Å². The van der Waals surface area contributed by atoms with Gasteiger partial charge in [0.2, 0.25) is 5.78 Å². The van der Waals surface area contributed by atoms with Crippen molar-refractivity contribution < 1.29 is 13.9 Å². The van der Waals surface area contributed by atoms with E-state index in [0.29, 0.717) is 15.8 Å². The van der Waals surface area contributed by atoms with Gasteiger partial charge in [0, 0.05) is 5.02 Å². The topological polar surface area (TPSA) is 26.3 Å². The Bertz CT molecular complexity index is 614. The molecule has 0 heterocycles. The molecule has 0 N–H and O–H groups in total. The molecular weight excluding hydrogens is 290 g/mol. The molecule has 5 heteroatoms. The molecule has 19 heavy (non-hydrogen) atoms. The van der Waals surface area contributed by atoms with Crippen molar-refractivity contribution in [3.05, 3.63) is 63.9 Å². The molecule has 0 bridgehead atoms. The third kappa shape index (κ3) is 3.46. The highest BCUT2D eigenvalue weighted by Gasteiger charge is 2.12. The first-order valence-corrected chi connectivity index (χ1v) is 6.19. The second kappa shape index (κ2) is 6.04. The summed E-state index contributed by atoms with van der Waals surface area (Å²) in [5, 5.41) is 0.770. The number of halogens is 3. The molecule has 0 aliphatic carbocycles. The number of ether oxygens (including phenoxy) is 1. The second-order valence-corrected chi connectivity index (χ2v) is 4.61. The molecule has 0 amide bonds. The van der Waals surface area contributed by atoms with Gasteiger partial charge in [0.25, 0.3) is 0 Å². The lowest BCUT2D eigenvalue weighted by Crippen LogP contribution is -2.13. The minimum absolute atomic E-state index is 0.00686. The van der Waals surface area contributed by atoms with Crippen LogP contribution in [0.5, 0.6) is 5.75 Å². The summed E-state index contributed by atoms with van der Waals surface area (Å²) in [6.07, 6.45) is 0. The van der Waals surface area contributed by atoms with Crippen molar-refractivity contribution >= 4 is 29.0 Å². The molecule has 0 aliphatic heterocycles. The van der Waals surface area contributed by atoms with Gasteiger partial charge >= 0.3 is 0 Å². The monoisotopic (exact) mass is 298 g/mol. The van der Waals surface area contributed by atoms with Crippen molar-refractivity contribution in [2.24, 2.45) is 0 Å². The Kier molecular flexibility index (Phi) is 4.40. The standard InChI is InChI=1S/C14H9Cl2FO2/c15-9-5-6-14(11(16)7-9)19-8-13(18)10-3-1-2-4-12(10)17/h1-7H,8H2. The Morgan fingerprint density at radius 2 is 1.89 bits per heavy atom. The summed E-state index contributed by atoms with van der Waals surface area (Å²) in [6.45, 7) is -0.289. The summed E-state index contributed by atoms with van der Waals surface area (Å²) in [5.41, 5.74) is -0.00686. The van der Waals surface area contributed by atoms with Crippen LogP contribution >= 0.6 is 23.2 Å². The Labute approximate surface area is 119 Å². The summed E-state index contributed by atoms with van der Waals surface area (Å²) < 4.78 is 18.6. The fourth-order valence-corrected chi connectivity index (χ4v) is 1.96. The predicted molar refractivity (Wildman–Crippen MR) is 72.7 cm³/mol. The van der Waals surface area contributed by atoms with Gasteiger partial charge in [-0.25, -0.2) is 4.39 Å². The van der Waals surface area contributed by atoms with Crippen LogP contribution in [-0.4, -0.2) is 12.4 Å². The van der Waals surface area contributed by atoms with Crippen LogP contribution < -0.4 is 4.74 Å². The van der Waals surface area contributed by atoms with Crippen molar-refractivity contribution in [3.63, 3.8) is 0 Å². The van der Waals surface area contributed by atoms with Crippen LogP contribution in [0.25, 0.3) is 0 Å². The number of carbonyl (C=O) groups excluding carboxylic acids is 1. The van der Waals surface area contributed by atoms with Gasteiger partial charge < -0.3 is 4.74 Å². The van der Waals surface area contributed by atoms with E-state index in [1.807, 2.05) is 0 Å². The lowest BCUT2D eigenvalue weighted by atomic mass is 10.1. The molecule has 0 aromatic heterocycles. The SMILES string of the molecule is O=C(COc1ccc(Cl)cc1Cl)c1ccccc1F. The van der Waals surface area contributed by atoms with E-state index in [1.54, 1.807) is 18.2 Å². The first-order chi connectivity index (χ1) is 9.08. The van der Waals surface area contributed by atoms with Gasteiger partial charge in [-0.05, 0) is 30.3 Å². The lowest BCUT2D eigenvalue weighted by Gasteiger charge is -2.08. The fourth-order valence-electron chi connectivity index (χ4n) is 1.50. The number of rotatable bonds is 4. The van der Waals surface area contributed by atoms with Crippen LogP contribution in [0.3, 0.4) is 0 Å². The van der Waals surface area contributed by atoms with Gasteiger partial charge in [-0.1, -0.05) is 35.3 Å². The summed E-state index contributed by atoms with van der Waals surface area (Å²) in [5.74, 6) is -0.696. The maximum Gasteiger partial charge on any atom is 0.203 e. The Balaban J connectivity index is 2.07. The van der Waals surface area contributed by atoms with E-state index in [9.17, 15) is 9.18 Å². The Hall–Kier alpha value is -1.58. The van der Waals surface area contributed by atoms with Gasteiger partial charge in [0.1, 0.15) is 11.6 Å². The molecule has 0 saturated heterocycles. The number of benzene rings is 2. The Morgan fingerprint density at radius 1 is 1.16 bits per heavy atom. The molecule has 2 nitrogen and oxygen atoms in total. The molecule has 0 aliphatic rings. The van der Waals surface area contributed by atoms with E-state index < -0.39 is 11.6 Å². The average molecular weight is 299 g/mol. The molecule has 0 radical (unpaired) electrons. The van der Waals surface area contributed by atoms with Crippen molar-refractivity contribution in [1.29, 1.82) is 0 Å². The maximum atomic E-state index is 13.4. The maximum absolute atomic E-state index is 13.4. The van der Waals surface area contributed by atoms with Crippen LogP contribution in [0.2, 0.25) is 10.0 Å². The normalized spacial score (nSPS) is 10.3. The average Bonchev–Trinajstić information content (AvgIpc) is 2.38. The van der Waals surface area contributed by atoms with Crippen molar-refractivity contribution in [2.45, 2.75) is 0 Å². The molecule has 98 valence electrons. The van der Waals surface area contributed by atoms with Gasteiger partial charge in [-0.15, -0.1) is 0 Å². The summed E-state index contributed by atoms with van der Waals surface area (Å²) in [4.78, 5) is 11.8. The van der Waals surface area contributed by atoms with Crippen molar-refractivity contribution in [3.8, 4) is 5.75 Å². The van der Waals surface area contributed by atoms with E-state index in [0.717, 1.165) is 0 Å². The molecule has 2 rings (SSSR count). The number of ketones is 1. The van der Waals surface area contributed by atoms with E-state index in [2.05, 4.69) is 0 Å². The van der Waals surface area contributed by atoms with Crippen LogP contribution in [-0.2, 0) is 0 Å². The predicted octanol–water partition coefficient (Wildman–Crippen LogP) is 4.39. The number of hydrogen-bond donors (Lipinski definition) is 0. The zero-order valence-corrected chi connectivity index (χ0v) is 11.2. The van der Waals surface area contributed by atoms with Gasteiger partial charge in [0.05, 0.1) is 10.6 Å². The third-order valence-electron chi connectivity index (χ3n) is 2.43. The molecular formula is C14H9Cl2FO2. The largest absolute Gasteiger partial charge is 0.484 e. The lowest BCUT2D eigenvalue weighted by molar-refractivity contribution is 0.0917. The molecule has 0 spiro atoms. The van der Waals surface area contributed by atoms with Gasteiger partial charge in [-0.2, -0.15) is 0 Å². The summed E-state index contributed by atoms with van der Waals surface area (Å²) in [6, 6.07) is 10.4. The van der Waals surface area contributed by atoms with Crippen LogP contribution in [0.4, 0.5) is 4.39 Å². The molecule has 0 unspecified atom stereocenters. The highest BCUT2D eigenvalue weighted by Crippen LogP contribution is 2.27. The van der Waals surface area contributed by atoms with E-state index in [4.69, 9.17) is 27.9 Å². The fraction of sp³-hybridized carbons (Fsp3) is 0.0714. The van der Waals surface area contributed by atoms with Crippen LogP contribution in [0.15, 0.2) is 42.5 Å². The van der Waals surface area contributed by atoms with Crippen molar-refractivity contribution in [1.82, 2.24) is 0 Å². The molecule has 2 aromatic rings. The molecule has 0 saturated carbocycles. The number of hydrogen-bond acceptors (Lipinski definition) is 2. The summed E-state index contributed by atoms with van der Waals surface area (Å²) in [7, 11) is 0.